The Kier molecular flexibility index (Phi) is 3.32. The molecule has 0 aliphatic carbocycles. The summed E-state index contributed by atoms with van der Waals surface area (Å²) in [7, 11) is 1.26. The first-order valence-electron chi connectivity index (χ1n) is 4.51. The van der Waals surface area contributed by atoms with Crippen LogP contribution in [0.2, 0.25) is 0 Å². The second-order valence-corrected chi connectivity index (χ2v) is 3.36. The SMILES string of the molecule is COc1ccc(C(F)(F)F)c(C(C)N)c1O. The molecule has 0 aliphatic rings. The number of rotatable bonds is 2. The smallest absolute Gasteiger partial charge is 0.416 e. The average molecular weight is 235 g/mol. The quantitative estimate of drug-likeness (QED) is 0.827. The van der Waals surface area contributed by atoms with Crippen molar-refractivity contribution in [1.82, 2.24) is 0 Å². The molecule has 90 valence electrons. The van der Waals surface area contributed by atoms with Gasteiger partial charge in [-0.1, -0.05) is 0 Å². The summed E-state index contributed by atoms with van der Waals surface area (Å²) in [5, 5.41) is 9.60. The Morgan fingerprint density at radius 3 is 2.31 bits per heavy atom. The van der Waals surface area contributed by atoms with Gasteiger partial charge in [0.1, 0.15) is 0 Å². The van der Waals surface area contributed by atoms with Crippen LogP contribution in [-0.2, 0) is 6.18 Å². The van der Waals surface area contributed by atoms with Gasteiger partial charge in [0.05, 0.1) is 12.7 Å². The van der Waals surface area contributed by atoms with E-state index in [0.29, 0.717) is 0 Å². The van der Waals surface area contributed by atoms with Crippen LogP contribution in [0.3, 0.4) is 0 Å². The zero-order valence-electron chi connectivity index (χ0n) is 8.80. The second-order valence-electron chi connectivity index (χ2n) is 3.36. The number of halogens is 3. The van der Waals surface area contributed by atoms with Gasteiger partial charge in [-0.15, -0.1) is 0 Å². The Balaban J connectivity index is 3.47. The van der Waals surface area contributed by atoms with Crippen LogP contribution in [0.25, 0.3) is 0 Å². The van der Waals surface area contributed by atoms with Crippen molar-refractivity contribution >= 4 is 0 Å². The van der Waals surface area contributed by atoms with Gasteiger partial charge in [0.25, 0.3) is 0 Å². The molecule has 3 nitrogen and oxygen atoms in total. The Morgan fingerprint density at radius 1 is 1.38 bits per heavy atom. The molecule has 0 bridgehead atoms. The van der Waals surface area contributed by atoms with Gasteiger partial charge in [0, 0.05) is 11.6 Å². The van der Waals surface area contributed by atoms with E-state index in [1.165, 1.54) is 14.0 Å². The summed E-state index contributed by atoms with van der Waals surface area (Å²) in [6, 6.07) is 0.966. The Morgan fingerprint density at radius 2 is 1.94 bits per heavy atom. The van der Waals surface area contributed by atoms with Crippen LogP contribution >= 0.6 is 0 Å². The maximum absolute atomic E-state index is 12.6. The summed E-state index contributed by atoms with van der Waals surface area (Å²) < 4.78 is 42.6. The van der Waals surface area contributed by atoms with E-state index in [2.05, 4.69) is 0 Å². The summed E-state index contributed by atoms with van der Waals surface area (Å²) >= 11 is 0. The molecule has 0 spiro atoms. The molecule has 3 N–H and O–H groups in total. The third kappa shape index (κ3) is 2.21. The molecule has 1 atom stereocenters. The van der Waals surface area contributed by atoms with Crippen molar-refractivity contribution < 1.29 is 23.0 Å². The molecule has 6 heteroatoms. The number of benzene rings is 1. The van der Waals surface area contributed by atoms with Crippen molar-refractivity contribution in [2.24, 2.45) is 5.73 Å². The van der Waals surface area contributed by atoms with Gasteiger partial charge in [0.15, 0.2) is 11.5 Å². The Bertz CT molecular complexity index is 388. The van der Waals surface area contributed by atoms with Crippen LogP contribution in [0.4, 0.5) is 13.2 Å². The number of phenols is 1. The van der Waals surface area contributed by atoms with E-state index in [1.807, 2.05) is 0 Å². The lowest BCUT2D eigenvalue weighted by Crippen LogP contribution is -2.15. The van der Waals surface area contributed by atoms with Gasteiger partial charge >= 0.3 is 6.18 Å². The van der Waals surface area contributed by atoms with Crippen LogP contribution in [0.5, 0.6) is 11.5 Å². The molecule has 0 saturated heterocycles. The van der Waals surface area contributed by atoms with Gasteiger partial charge in [-0.25, -0.2) is 0 Å². The molecular weight excluding hydrogens is 223 g/mol. The van der Waals surface area contributed by atoms with Gasteiger partial charge in [-0.2, -0.15) is 13.2 Å². The van der Waals surface area contributed by atoms with Crippen molar-refractivity contribution in [2.45, 2.75) is 19.1 Å². The minimum atomic E-state index is -4.55. The highest BCUT2D eigenvalue weighted by Gasteiger charge is 2.36. The first-order chi connectivity index (χ1) is 7.29. The van der Waals surface area contributed by atoms with Gasteiger partial charge in [0.2, 0.25) is 0 Å². The molecule has 1 aromatic carbocycles. The number of alkyl halides is 3. The van der Waals surface area contributed by atoms with Gasteiger partial charge < -0.3 is 15.6 Å². The average Bonchev–Trinajstić information content (AvgIpc) is 2.15. The van der Waals surface area contributed by atoms with Crippen LogP contribution in [0, 0.1) is 0 Å². The highest BCUT2D eigenvalue weighted by atomic mass is 19.4. The van der Waals surface area contributed by atoms with Crippen molar-refractivity contribution in [3.8, 4) is 11.5 Å². The minimum absolute atomic E-state index is 0.0275. The predicted octanol–water partition coefficient (Wildman–Crippen LogP) is 2.44. The molecule has 1 unspecified atom stereocenters. The Hall–Kier alpha value is -1.43. The third-order valence-electron chi connectivity index (χ3n) is 2.16. The molecule has 1 rings (SSSR count). The van der Waals surface area contributed by atoms with Crippen molar-refractivity contribution in [3.63, 3.8) is 0 Å². The molecule has 0 fully saturated rings. The fraction of sp³-hybridized carbons (Fsp3) is 0.400. The summed E-state index contributed by atoms with van der Waals surface area (Å²) in [5.41, 5.74) is 4.12. The zero-order chi connectivity index (χ0) is 12.5. The molecule has 0 radical (unpaired) electrons. The number of methoxy groups -OCH3 is 1. The topological polar surface area (TPSA) is 55.5 Å². The van der Waals surface area contributed by atoms with Crippen LogP contribution in [-0.4, -0.2) is 12.2 Å². The number of ether oxygens (including phenoxy) is 1. The molecule has 16 heavy (non-hydrogen) atoms. The van der Waals surface area contributed by atoms with Crippen molar-refractivity contribution in [3.05, 3.63) is 23.3 Å². The predicted molar refractivity (Wildman–Crippen MR) is 52.3 cm³/mol. The largest absolute Gasteiger partial charge is 0.504 e. The second kappa shape index (κ2) is 4.21. The summed E-state index contributed by atoms with van der Waals surface area (Å²) in [6.07, 6.45) is -4.55. The minimum Gasteiger partial charge on any atom is -0.504 e. The summed E-state index contributed by atoms with van der Waals surface area (Å²) in [6.45, 7) is 1.36. The molecule has 1 aromatic rings. The molecule has 0 amide bonds. The molecule has 0 heterocycles. The van der Waals surface area contributed by atoms with Crippen LogP contribution in [0.15, 0.2) is 12.1 Å². The van der Waals surface area contributed by atoms with E-state index in [9.17, 15) is 18.3 Å². The van der Waals surface area contributed by atoms with E-state index in [1.54, 1.807) is 0 Å². The van der Waals surface area contributed by atoms with Crippen molar-refractivity contribution in [1.29, 1.82) is 0 Å². The molecule has 0 aromatic heterocycles. The first-order valence-corrected chi connectivity index (χ1v) is 4.51. The lowest BCUT2D eigenvalue weighted by Gasteiger charge is -2.18. The number of hydrogen-bond acceptors (Lipinski definition) is 3. The zero-order valence-corrected chi connectivity index (χ0v) is 8.80. The van der Waals surface area contributed by atoms with E-state index in [4.69, 9.17) is 10.5 Å². The Labute approximate surface area is 90.6 Å². The number of phenolic OH excluding ortho intramolecular Hbond substituents is 1. The molecule has 0 aliphatic heterocycles. The lowest BCUT2D eigenvalue weighted by atomic mass is 9.99. The van der Waals surface area contributed by atoms with Gasteiger partial charge in [-0.3, -0.25) is 0 Å². The highest BCUT2D eigenvalue weighted by molar-refractivity contribution is 5.52. The molecule has 0 saturated carbocycles. The number of aromatic hydroxyl groups is 1. The fourth-order valence-corrected chi connectivity index (χ4v) is 1.46. The van der Waals surface area contributed by atoms with E-state index in [-0.39, 0.29) is 11.3 Å². The summed E-state index contributed by atoms with van der Waals surface area (Å²) in [5.74, 6) is -0.590. The highest BCUT2D eigenvalue weighted by Crippen LogP contribution is 2.42. The van der Waals surface area contributed by atoms with Gasteiger partial charge in [-0.05, 0) is 19.1 Å². The first kappa shape index (κ1) is 12.6. The van der Waals surface area contributed by atoms with E-state index in [0.717, 1.165) is 12.1 Å². The molecular formula is C10H12F3NO2. The monoisotopic (exact) mass is 235 g/mol. The maximum Gasteiger partial charge on any atom is 0.416 e. The number of hydrogen-bond donors (Lipinski definition) is 2. The van der Waals surface area contributed by atoms with E-state index >= 15 is 0 Å². The third-order valence-corrected chi connectivity index (χ3v) is 2.16. The fourth-order valence-electron chi connectivity index (χ4n) is 1.46. The maximum atomic E-state index is 12.6. The van der Waals surface area contributed by atoms with Crippen LogP contribution in [0.1, 0.15) is 24.1 Å². The standard InChI is InChI=1S/C10H12F3NO2/c1-5(14)8-6(10(11,12)13)3-4-7(16-2)9(8)15/h3-5,15H,14H2,1-2H3. The van der Waals surface area contributed by atoms with Crippen LogP contribution < -0.4 is 10.5 Å². The van der Waals surface area contributed by atoms with Crippen molar-refractivity contribution in [2.75, 3.05) is 7.11 Å². The normalized spacial score (nSPS) is 13.6. The lowest BCUT2D eigenvalue weighted by molar-refractivity contribution is -0.138. The number of nitrogens with two attached hydrogens (primary N) is 1. The van der Waals surface area contributed by atoms with E-state index < -0.39 is 23.5 Å². The summed E-state index contributed by atoms with van der Waals surface area (Å²) in [4.78, 5) is 0.